The van der Waals surface area contributed by atoms with E-state index in [0.29, 0.717) is 11.6 Å². The molecule has 1 aromatic heterocycles. The third kappa shape index (κ3) is 2.62. The van der Waals surface area contributed by atoms with Gasteiger partial charge in [0.1, 0.15) is 11.8 Å². The van der Waals surface area contributed by atoms with Crippen molar-refractivity contribution >= 4 is 0 Å². The van der Waals surface area contributed by atoms with Crippen LogP contribution in [0.15, 0.2) is 24.3 Å². The smallest absolute Gasteiger partial charge is 0.186 e. The summed E-state index contributed by atoms with van der Waals surface area (Å²) in [5, 5.41) is 17.5. The lowest BCUT2D eigenvalue weighted by Crippen LogP contribution is -2.12. The van der Waals surface area contributed by atoms with E-state index in [4.69, 9.17) is 4.74 Å². The largest absolute Gasteiger partial charge is 0.497 e. The molecule has 0 unspecified atom stereocenters. The second-order valence-corrected chi connectivity index (χ2v) is 5.38. The molecule has 0 bridgehead atoms. The molecule has 1 saturated carbocycles. The first-order valence-electron chi connectivity index (χ1n) is 7.33. The maximum atomic E-state index is 9.31. The fraction of sp³-hybridized carbons (Fsp3) is 0.438. The molecule has 5 heteroatoms. The summed E-state index contributed by atoms with van der Waals surface area (Å²) in [6.45, 7) is 0. The fourth-order valence-corrected chi connectivity index (χ4v) is 3.03. The van der Waals surface area contributed by atoms with Crippen LogP contribution in [0.3, 0.4) is 0 Å². The number of aromatic nitrogens is 3. The fourth-order valence-electron chi connectivity index (χ4n) is 3.03. The molecule has 5 nitrogen and oxygen atoms in total. The van der Waals surface area contributed by atoms with E-state index in [1.165, 1.54) is 19.3 Å². The number of ether oxygens (including phenoxy) is 1. The van der Waals surface area contributed by atoms with Crippen LogP contribution in [-0.4, -0.2) is 22.1 Å². The van der Waals surface area contributed by atoms with Gasteiger partial charge in [-0.3, -0.25) is 0 Å². The van der Waals surface area contributed by atoms with Crippen molar-refractivity contribution in [2.45, 2.75) is 38.0 Å². The number of benzene rings is 1. The predicted molar refractivity (Wildman–Crippen MR) is 78.5 cm³/mol. The van der Waals surface area contributed by atoms with Gasteiger partial charge in [-0.05, 0) is 37.1 Å². The van der Waals surface area contributed by atoms with Gasteiger partial charge in [0, 0.05) is 5.92 Å². The highest BCUT2D eigenvalue weighted by molar-refractivity contribution is 5.41. The molecular weight excluding hydrogens is 264 g/mol. The normalized spacial score (nSPS) is 15.6. The zero-order valence-corrected chi connectivity index (χ0v) is 12.1. The predicted octanol–water partition coefficient (Wildman–Crippen LogP) is 3.20. The molecule has 108 valence electrons. The standard InChI is InChI=1S/C16H18N4O/c1-21-14-9-7-13(8-10-14)20-16(15(11-17)18-19-20)12-5-3-2-4-6-12/h7-10,12H,2-6H2,1H3. The Morgan fingerprint density at radius 1 is 1.19 bits per heavy atom. The average molecular weight is 282 g/mol. The molecule has 0 saturated heterocycles. The zero-order valence-electron chi connectivity index (χ0n) is 12.1. The molecule has 1 aliphatic carbocycles. The van der Waals surface area contributed by atoms with Gasteiger partial charge >= 0.3 is 0 Å². The first kappa shape index (κ1) is 13.6. The van der Waals surface area contributed by atoms with E-state index in [0.717, 1.165) is 30.0 Å². The molecular formula is C16H18N4O. The number of nitriles is 1. The number of rotatable bonds is 3. The second-order valence-electron chi connectivity index (χ2n) is 5.38. The van der Waals surface area contributed by atoms with E-state index >= 15 is 0 Å². The molecule has 0 radical (unpaired) electrons. The van der Waals surface area contributed by atoms with Gasteiger partial charge in [0.25, 0.3) is 0 Å². The van der Waals surface area contributed by atoms with Crippen LogP contribution in [0.25, 0.3) is 5.69 Å². The van der Waals surface area contributed by atoms with E-state index in [2.05, 4.69) is 16.4 Å². The Morgan fingerprint density at radius 3 is 2.52 bits per heavy atom. The molecule has 21 heavy (non-hydrogen) atoms. The summed E-state index contributed by atoms with van der Waals surface area (Å²) in [7, 11) is 1.64. The van der Waals surface area contributed by atoms with E-state index in [1.807, 2.05) is 28.9 Å². The highest BCUT2D eigenvalue weighted by Crippen LogP contribution is 2.34. The Morgan fingerprint density at radius 2 is 1.90 bits per heavy atom. The molecule has 1 aromatic carbocycles. The van der Waals surface area contributed by atoms with E-state index in [9.17, 15) is 5.26 Å². The lowest BCUT2D eigenvalue weighted by Gasteiger charge is -2.22. The number of nitrogens with zero attached hydrogens (tertiary/aromatic N) is 4. The first-order valence-corrected chi connectivity index (χ1v) is 7.33. The van der Waals surface area contributed by atoms with Gasteiger partial charge in [-0.25, -0.2) is 4.68 Å². The lowest BCUT2D eigenvalue weighted by atomic mass is 9.86. The van der Waals surface area contributed by atoms with Crippen molar-refractivity contribution in [1.82, 2.24) is 15.0 Å². The Balaban J connectivity index is 2.01. The second kappa shape index (κ2) is 5.96. The minimum absolute atomic E-state index is 0.380. The summed E-state index contributed by atoms with van der Waals surface area (Å²) in [4.78, 5) is 0. The Bertz CT molecular complexity index is 648. The third-order valence-corrected chi connectivity index (χ3v) is 4.12. The summed E-state index contributed by atoms with van der Waals surface area (Å²) in [6.07, 6.45) is 5.92. The maximum absolute atomic E-state index is 9.31. The van der Waals surface area contributed by atoms with E-state index in [1.54, 1.807) is 7.11 Å². The van der Waals surface area contributed by atoms with Crippen LogP contribution in [0.1, 0.15) is 49.4 Å². The Kier molecular flexibility index (Phi) is 3.87. The molecule has 0 N–H and O–H groups in total. The number of hydrogen-bond donors (Lipinski definition) is 0. The zero-order chi connectivity index (χ0) is 14.7. The summed E-state index contributed by atoms with van der Waals surface area (Å²) >= 11 is 0. The summed E-state index contributed by atoms with van der Waals surface area (Å²) in [5.41, 5.74) is 2.34. The quantitative estimate of drug-likeness (QED) is 0.867. The molecule has 2 aromatic rings. The summed E-state index contributed by atoms with van der Waals surface area (Å²) in [6, 6.07) is 9.87. The van der Waals surface area contributed by atoms with Crippen molar-refractivity contribution in [1.29, 1.82) is 5.26 Å². The van der Waals surface area contributed by atoms with Crippen molar-refractivity contribution in [3.05, 3.63) is 35.7 Å². The Labute approximate surface area is 124 Å². The first-order chi connectivity index (χ1) is 10.3. The molecule has 0 atom stereocenters. The van der Waals surface area contributed by atoms with Crippen LogP contribution in [0, 0.1) is 11.3 Å². The minimum atomic E-state index is 0.380. The van der Waals surface area contributed by atoms with Crippen molar-refractivity contribution < 1.29 is 4.74 Å². The summed E-state index contributed by atoms with van der Waals surface area (Å²) < 4.78 is 6.99. The number of methoxy groups -OCH3 is 1. The molecule has 0 aliphatic heterocycles. The van der Waals surface area contributed by atoms with Crippen LogP contribution in [-0.2, 0) is 0 Å². The maximum Gasteiger partial charge on any atom is 0.186 e. The SMILES string of the molecule is COc1ccc(-n2nnc(C#N)c2C2CCCCC2)cc1. The monoisotopic (exact) mass is 282 g/mol. The van der Waals surface area contributed by atoms with Gasteiger partial charge in [-0.1, -0.05) is 24.5 Å². The molecule has 1 fully saturated rings. The van der Waals surface area contributed by atoms with Crippen LogP contribution in [0.5, 0.6) is 5.75 Å². The third-order valence-electron chi connectivity index (χ3n) is 4.12. The average Bonchev–Trinajstić information content (AvgIpc) is 2.99. The van der Waals surface area contributed by atoms with Crippen molar-refractivity contribution in [2.75, 3.05) is 7.11 Å². The lowest BCUT2D eigenvalue weighted by molar-refractivity contribution is 0.414. The van der Waals surface area contributed by atoms with Gasteiger partial charge in [-0.15, -0.1) is 5.10 Å². The topological polar surface area (TPSA) is 63.7 Å². The van der Waals surface area contributed by atoms with Crippen LogP contribution in [0.2, 0.25) is 0 Å². The van der Waals surface area contributed by atoms with Gasteiger partial charge < -0.3 is 4.74 Å². The van der Waals surface area contributed by atoms with Gasteiger partial charge in [0.2, 0.25) is 0 Å². The molecule has 1 aliphatic rings. The van der Waals surface area contributed by atoms with Crippen molar-refractivity contribution in [3.63, 3.8) is 0 Å². The molecule has 0 spiro atoms. The van der Waals surface area contributed by atoms with Crippen LogP contribution < -0.4 is 4.74 Å². The minimum Gasteiger partial charge on any atom is -0.497 e. The van der Waals surface area contributed by atoms with Gasteiger partial charge in [0.05, 0.1) is 18.5 Å². The van der Waals surface area contributed by atoms with Crippen molar-refractivity contribution in [3.8, 4) is 17.5 Å². The molecule has 3 rings (SSSR count). The highest BCUT2D eigenvalue weighted by Gasteiger charge is 2.25. The number of hydrogen-bond acceptors (Lipinski definition) is 4. The summed E-state index contributed by atoms with van der Waals surface area (Å²) in [5.74, 6) is 1.18. The van der Waals surface area contributed by atoms with E-state index < -0.39 is 0 Å². The van der Waals surface area contributed by atoms with Crippen LogP contribution >= 0.6 is 0 Å². The van der Waals surface area contributed by atoms with Crippen molar-refractivity contribution in [2.24, 2.45) is 0 Å². The van der Waals surface area contributed by atoms with Crippen LogP contribution in [0.4, 0.5) is 0 Å². The molecule has 1 heterocycles. The van der Waals surface area contributed by atoms with Gasteiger partial charge in [0.15, 0.2) is 5.69 Å². The van der Waals surface area contributed by atoms with Gasteiger partial charge in [-0.2, -0.15) is 5.26 Å². The van der Waals surface area contributed by atoms with E-state index in [-0.39, 0.29) is 0 Å². The highest BCUT2D eigenvalue weighted by atomic mass is 16.5. The molecule has 0 amide bonds. The Hall–Kier alpha value is -2.35.